The van der Waals surface area contributed by atoms with Gasteiger partial charge in [0.15, 0.2) is 0 Å². The summed E-state index contributed by atoms with van der Waals surface area (Å²) in [6.07, 6.45) is 2.41. The van der Waals surface area contributed by atoms with Crippen LogP contribution in [-0.2, 0) is 16.6 Å². The molecule has 1 heterocycles. The van der Waals surface area contributed by atoms with E-state index < -0.39 is 10.0 Å². The zero-order valence-electron chi connectivity index (χ0n) is 13.3. The van der Waals surface area contributed by atoms with Crippen LogP contribution in [0, 0.1) is 5.92 Å². The first-order valence-corrected chi connectivity index (χ1v) is 9.96. The lowest BCUT2D eigenvalue weighted by atomic mass is 10.2. The van der Waals surface area contributed by atoms with Gasteiger partial charge in [-0.3, -0.25) is 0 Å². The Bertz CT molecular complexity index is 560. The molecule has 0 bridgehead atoms. The molecule has 0 spiro atoms. The Morgan fingerprint density at radius 3 is 2.52 bits per heavy atom. The number of thiophene rings is 1. The molecule has 1 fully saturated rings. The van der Waals surface area contributed by atoms with E-state index in [1.807, 2.05) is 33.1 Å². The van der Waals surface area contributed by atoms with Crippen LogP contribution in [0.15, 0.2) is 16.3 Å². The minimum absolute atomic E-state index is 0.0264. The van der Waals surface area contributed by atoms with E-state index >= 15 is 0 Å². The predicted octanol–water partition coefficient (Wildman–Crippen LogP) is 3.06. The number of nitrogens with one attached hydrogen (secondary N) is 1. The average molecular weight is 331 g/mol. The lowest BCUT2D eigenvalue weighted by molar-refractivity contribution is 0.318. The molecule has 4 nitrogen and oxygen atoms in total. The second-order valence-electron chi connectivity index (χ2n) is 6.43. The van der Waals surface area contributed by atoms with E-state index in [0.717, 1.165) is 4.88 Å². The number of hydrogen-bond acceptors (Lipinski definition) is 4. The van der Waals surface area contributed by atoms with Crippen LogP contribution in [0.4, 0.5) is 0 Å². The van der Waals surface area contributed by atoms with E-state index in [1.165, 1.54) is 24.2 Å². The van der Waals surface area contributed by atoms with Gasteiger partial charge < -0.3 is 5.32 Å². The lowest BCUT2D eigenvalue weighted by Gasteiger charge is -2.27. The van der Waals surface area contributed by atoms with Gasteiger partial charge in [-0.25, -0.2) is 8.42 Å². The Kier molecular flexibility index (Phi) is 5.46. The van der Waals surface area contributed by atoms with Crippen LogP contribution in [0.3, 0.4) is 0 Å². The molecule has 1 aromatic rings. The van der Waals surface area contributed by atoms with Crippen molar-refractivity contribution in [1.82, 2.24) is 9.62 Å². The quantitative estimate of drug-likeness (QED) is 0.797. The van der Waals surface area contributed by atoms with Crippen molar-refractivity contribution in [3.05, 3.63) is 16.3 Å². The number of hydrogen-bond donors (Lipinski definition) is 1. The molecular weight excluding hydrogens is 304 g/mol. The molecule has 1 saturated carbocycles. The van der Waals surface area contributed by atoms with Crippen LogP contribution in [0.5, 0.6) is 0 Å². The van der Waals surface area contributed by atoms with E-state index in [0.29, 0.717) is 29.9 Å². The van der Waals surface area contributed by atoms with E-state index in [9.17, 15) is 8.42 Å². The Balaban J connectivity index is 2.22. The first-order chi connectivity index (χ1) is 9.82. The Morgan fingerprint density at radius 2 is 2.00 bits per heavy atom. The van der Waals surface area contributed by atoms with E-state index in [2.05, 4.69) is 5.32 Å². The van der Waals surface area contributed by atoms with Gasteiger partial charge in [-0.05, 0) is 44.1 Å². The maximum atomic E-state index is 13.0. The van der Waals surface area contributed by atoms with Crippen molar-refractivity contribution in [1.29, 1.82) is 0 Å². The molecule has 0 unspecified atom stereocenters. The van der Waals surface area contributed by atoms with Gasteiger partial charge in [0.25, 0.3) is 0 Å². The average Bonchev–Trinajstić information content (AvgIpc) is 3.09. The topological polar surface area (TPSA) is 49.4 Å². The third-order valence-electron chi connectivity index (χ3n) is 3.54. The standard InChI is InChI=1S/C15H26N2O2S2/c1-11(2)10-17(12(3)4)21(18,19)15-7-8-20-14(15)9-16-13-5-6-13/h7-8,11-13,16H,5-6,9-10H2,1-4H3. The van der Waals surface area contributed by atoms with Crippen LogP contribution in [0.2, 0.25) is 0 Å². The summed E-state index contributed by atoms with van der Waals surface area (Å²) in [4.78, 5) is 1.41. The fourth-order valence-corrected chi connectivity index (χ4v) is 5.45. The Hall–Kier alpha value is -0.430. The van der Waals surface area contributed by atoms with Crippen LogP contribution in [0.25, 0.3) is 0 Å². The smallest absolute Gasteiger partial charge is 0.244 e. The molecule has 0 radical (unpaired) electrons. The molecule has 1 N–H and O–H groups in total. The number of rotatable bonds is 8. The Morgan fingerprint density at radius 1 is 1.33 bits per heavy atom. The molecule has 21 heavy (non-hydrogen) atoms. The zero-order chi connectivity index (χ0) is 15.6. The highest BCUT2D eigenvalue weighted by Crippen LogP contribution is 2.28. The normalized spacial score (nSPS) is 16.3. The van der Waals surface area contributed by atoms with E-state index in [4.69, 9.17) is 0 Å². The van der Waals surface area contributed by atoms with Gasteiger partial charge in [0, 0.05) is 30.1 Å². The molecule has 0 saturated heterocycles. The summed E-state index contributed by atoms with van der Waals surface area (Å²) in [6.45, 7) is 9.20. The SMILES string of the molecule is CC(C)CN(C(C)C)S(=O)(=O)c1ccsc1CNC1CC1. The van der Waals surface area contributed by atoms with Gasteiger partial charge in [-0.1, -0.05) is 13.8 Å². The van der Waals surface area contributed by atoms with Gasteiger partial charge in [0.05, 0.1) is 4.90 Å². The minimum atomic E-state index is -3.41. The molecule has 2 rings (SSSR count). The highest BCUT2D eigenvalue weighted by atomic mass is 32.2. The van der Waals surface area contributed by atoms with Crippen molar-refractivity contribution in [2.45, 2.75) is 64.1 Å². The molecule has 0 aromatic carbocycles. The van der Waals surface area contributed by atoms with Gasteiger partial charge in [0.1, 0.15) is 0 Å². The second kappa shape index (κ2) is 6.77. The van der Waals surface area contributed by atoms with Crippen molar-refractivity contribution in [2.75, 3.05) is 6.54 Å². The summed E-state index contributed by atoms with van der Waals surface area (Å²) < 4.78 is 27.5. The van der Waals surface area contributed by atoms with Gasteiger partial charge in [-0.15, -0.1) is 11.3 Å². The summed E-state index contributed by atoms with van der Waals surface area (Å²) in [6, 6.07) is 2.31. The molecular formula is C15H26N2O2S2. The van der Waals surface area contributed by atoms with Crippen molar-refractivity contribution < 1.29 is 8.42 Å². The second-order valence-corrected chi connectivity index (χ2v) is 9.29. The Labute approximate surface area is 132 Å². The molecule has 6 heteroatoms. The summed E-state index contributed by atoms with van der Waals surface area (Å²) >= 11 is 1.53. The zero-order valence-corrected chi connectivity index (χ0v) is 14.9. The van der Waals surface area contributed by atoms with Crippen molar-refractivity contribution in [2.24, 2.45) is 5.92 Å². The largest absolute Gasteiger partial charge is 0.309 e. The lowest BCUT2D eigenvalue weighted by Crippen LogP contribution is -2.39. The first-order valence-electron chi connectivity index (χ1n) is 7.64. The highest BCUT2D eigenvalue weighted by Gasteiger charge is 2.30. The fourth-order valence-electron chi connectivity index (χ4n) is 2.28. The van der Waals surface area contributed by atoms with Crippen LogP contribution in [-0.4, -0.2) is 31.4 Å². The molecule has 1 aliphatic carbocycles. The van der Waals surface area contributed by atoms with E-state index in [1.54, 1.807) is 10.4 Å². The summed E-state index contributed by atoms with van der Waals surface area (Å²) in [5, 5.41) is 5.29. The molecule has 1 aliphatic rings. The highest BCUT2D eigenvalue weighted by molar-refractivity contribution is 7.89. The van der Waals surface area contributed by atoms with Crippen molar-refractivity contribution in [3.63, 3.8) is 0 Å². The minimum Gasteiger partial charge on any atom is -0.309 e. The summed E-state index contributed by atoms with van der Waals surface area (Å²) in [5.41, 5.74) is 0. The van der Waals surface area contributed by atoms with Crippen LogP contribution in [0.1, 0.15) is 45.4 Å². The number of sulfonamides is 1. The predicted molar refractivity (Wildman–Crippen MR) is 88.0 cm³/mol. The van der Waals surface area contributed by atoms with Gasteiger partial charge in [-0.2, -0.15) is 4.31 Å². The fraction of sp³-hybridized carbons (Fsp3) is 0.733. The van der Waals surface area contributed by atoms with Crippen LogP contribution >= 0.6 is 11.3 Å². The molecule has 0 amide bonds. The third-order valence-corrected chi connectivity index (χ3v) is 6.72. The summed E-state index contributed by atoms with van der Waals surface area (Å²) in [5.74, 6) is 0.314. The molecule has 0 atom stereocenters. The third kappa shape index (κ3) is 4.28. The number of nitrogens with zero attached hydrogens (tertiary/aromatic N) is 1. The monoisotopic (exact) mass is 330 g/mol. The van der Waals surface area contributed by atoms with Crippen LogP contribution < -0.4 is 5.32 Å². The van der Waals surface area contributed by atoms with Gasteiger partial charge >= 0.3 is 0 Å². The first kappa shape index (κ1) is 16.9. The molecule has 1 aromatic heterocycles. The van der Waals surface area contributed by atoms with Crippen molar-refractivity contribution >= 4 is 21.4 Å². The maximum Gasteiger partial charge on any atom is 0.244 e. The van der Waals surface area contributed by atoms with Gasteiger partial charge in [0.2, 0.25) is 10.0 Å². The van der Waals surface area contributed by atoms with E-state index in [-0.39, 0.29) is 6.04 Å². The molecule has 0 aliphatic heterocycles. The molecule has 120 valence electrons. The summed E-state index contributed by atoms with van der Waals surface area (Å²) in [7, 11) is -3.41. The maximum absolute atomic E-state index is 13.0. The van der Waals surface area contributed by atoms with Crippen molar-refractivity contribution in [3.8, 4) is 0 Å².